The van der Waals surface area contributed by atoms with Gasteiger partial charge in [0.2, 0.25) is 6.17 Å². The minimum absolute atomic E-state index is 0.0230. The Labute approximate surface area is 229 Å². The number of aromatic nitrogens is 4. The Morgan fingerprint density at radius 1 is 0.829 bits per heavy atom. The molecule has 0 spiro atoms. The standard InChI is InChI=1S/C28H17F4N7O2/c29-26-34-11-16(12-35-26)19-10-17(28(30,31)32)13-33-23(19)21-14-36-27(41-21)39-24-25(40)37-20-9-5-4-8-18(20)22(38-24)15-6-2-1-3-7-15/h1-14,24H,(H,36,39)(H,37,40). The molecule has 3 aromatic heterocycles. The number of rotatable bonds is 5. The van der Waals surface area contributed by atoms with Crippen molar-refractivity contribution in [3.05, 3.63) is 108 Å². The molecule has 0 saturated heterocycles. The lowest BCUT2D eigenvalue weighted by Crippen LogP contribution is -2.32. The number of anilines is 2. The monoisotopic (exact) mass is 559 g/mol. The minimum Gasteiger partial charge on any atom is -0.422 e. The first kappa shape index (κ1) is 25.8. The molecule has 204 valence electrons. The summed E-state index contributed by atoms with van der Waals surface area (Å²) in [6, 6.07) is 17.2. The fourth-order valence-electron chi connectivity index (χ4n) is 4.24. The topological polar surface area (TPSA) is 118 Å². The fourth-order valence-corrected chi connectivity index (χ4v) is 4.24. The van der Waals surface area contributed by atoms with E-state index >= 15 is 0 Å². The molecule has 0 bridgehead atoms. The van der Waals surface area contributed by atoms with E-state index in [2.05, 4.69) is 35.6 Å². The number of pyridine rings is 1. The van der Waals surface area contributed by atoms with E-state index in [1.807, 2.05) is 42.5 Å². The first-order valence-corrected chi connectivity index (χ1v) is 12.1. The van der Waals surface area contributed by atoms with Crippen LogP contribution in [0, 0.1) is 6.08 Å². The van der Waals surface area contributed by atoms with E-state index in [0.29, 0.717) is 23.2 Å². The zero-order chi connectivity index (χ0) is 28.6. The van der Waals surface area contributed by atoms with Crippen molar-refractivity contribution < 1.29 is 26.8 Å². The first-order chi connectivity index (χ1) is 19.8. The normalized spacial score (nSPS) is 15.0. The van der Waals surface area contributed by atoms with Crippen LogP contribution in [0.1, 0.15) is 16.7 Å². The maximum atomic E-state index is 13.4. The van der Waals surface area contributed by atoms with Gasteiger partial charge in [-0.05, 0) is 12.1 Å². The molecule has 6 rings (SSSR count). The number of nitrogens with one attached hydrogen (secondary N) is 2. The summed E-state index contributed by atoms with van der Waals surface area (Å²) in [5.41, 5.74) is 1.56. The van der Waals surface area contributed by atoms with Crippen LogP contribution >= 0.6 is 0 Å². The van der Waals surface area contributed by atoms with Crippen LogP contribution in [-0.2, 0) is 11.0 Å². The second-order valence-corrected chi connectivity index (χ2v) is 8.81. The van der Waals surface area contributed by atoms with Gasteiger partial charge in [-0.3, -0.25) is 9.78 Å². The Bertz CT molecular complexity index is 1770. The highest BCUT2D eigenvalue weighted by Gasteiger charge is 2.33. The van der Waals surface area contributed by atoms with Gasteiger partial charge in [-0.15, -0.1) is 0 Å². The van der Waals surface area contributed by atoms with Crippen molar-refractivity contribution in [3.8, 4) is 22.6 Å². The zero-order valence-corrected chi connectivity index (χ0v) is 20.7. The Balaban J connectivity index is 1.37. The molecule has 0 saturated carbocycles. The molecule has 1 unspecified atom stereocenters. The van der Waals surface area contributed by atoms with Crippen molar-refractivity contribution in [1.29, 1.82) is 0 Å². The van der Waals surface area contributed by atoms with Crippen LogP contribution in [0.4, 0.5) is 29.3 Å². The molecule has 4 heterocycles. The molecule has 41 heavy (non-hydrogen) atoms. The number of para-hydroxylation sites is 1. The Hall–Kier alpha value is -5.46. The number of fused-ring (bicyclic) bond motifs is 1. The van der Waals surface area contributed by atoms with Crippen LogP contribution < -0.4 is 10.6 Å². The van der Waals surface area contributed by atoms with Crippen molar-refractivity contribution in [2.75, 3.05) is 10.6 Å². The van der Waals surface area contributed by atoms with E-state index in [-0.39, 0.29) is 28.6 Å². The highest BCUT2D eigenvalue weighted by molar-refractivity contribution is 6.19. The van der Waals surface area contributed by atoms with Crippen LogP contribution in [0.2, 0.25) is 0 Å². The molecule has 1 atom stereocenters. The van der Waals surface area contributed by atoms with Gasteiger partial charge in [-0.25, -0.2) is 19.9 Å². The van der Waals surface area contributed by atoms with Crippen molar-refractivity contribution in [2.24, 2.45) is 4.99 Å². The van der Waals surface area contributed by atoms with E-state index in [1.54, 1.807) is 12.1 Å². The lowest BCUT2D eigenvalue weighted by Gasteiger charge is -2.12. The molecule has 1 aliphatic heterocycles. The quantitative estimate of drug-likeness (QED) is 0.213. The number of oxazole rings is 1. The van der Waals surface area contributed by atoms with Crippen molar-refractivity contribution in [1.82, 2.24) is 19.9 Å². The third-order valence-electron chi connectivity index (χ3n) is 6.14. The van der Waals surface area contributed by atoms with E-state index < -0.39 is 29.9 Å². The maximum Gasteiger partial charge on any atom is 0.417 e. The Morgan fingerprint density at radius 3 is 2.32 bits per heavy atom. The predicted octanol–water partition coefficient (Wildman–Crippen LogP) is 5.58. The summed E-state index contributed by atoms with van der Waals surface area (Å²) < 4.78 is 59.4. The molecular weight excluding hydrogens is 542 g/mol. The number of carbonyl (C=O) groups excluding carboxylic acids is 1. The lowest BCUT2D eigenvalue weighted by molar-refractivity contribution is -0.137. The molecule has 5 aromatic rings. The second-order valence-electron chi connectivity index (χ2n) is 8.81. The van der Waals surface area contributed by atoms with Crippen LogP contribution in [0.5, 0.6) is 0 Å². The largest absolute Gasteiger partial charge is 0.422 e. The highest BCUT2D eigenvalue weighted by Crippen LogP contribution is 2.37. The first-order valence-electron chi connectivity index (χ1n) is 12.1. The number of hydrogen-bond donors (Lipinski definition) is 2. The fraction of sp³-hybridized carbons (Fsp3) is 0.0714. The molecule has 0 aliphatic carbocycles. The van der Waals surface area contributed by atoms with Gasteiger partial charge in [0, 0.05) is 40.8 Å². The van der Waals surface area contributed by atoms with Gasteiger partial charge in [-0.2, -0.15) is 17.6 Å². The third-order valence-corrected chi connectivity index (χ3v) is 6.14. The van der Waals surface area contributed by atoms with Crippen LogP contribution in [0.15, 0.2) is 94.9 Å². The summed E-state index contributed by atoms with van der Waals surface area (Å²) >= 11 is 0. The minimum atomic E-state index is -4.69. The molecular formula is C28H17F4N7O2. The lowest BCUT2D eigenvalue weighted by atomic mass is 10.0. The number of amides is 1. The Kier molecular flexibility index (Phi) is 6.46. The molecule has 0 radical (unpaired) electrons. The second kappa shape index (κ2) is 10.3. The summed E-state index contributed by atoms with van der Waals surface area (Å²) in [4.78, 5) is 32.7. The van der Waals surface area contributed by atoms with E-state index in [4.69, 9.17) is 4.42 Å². The van der Waals surface area contributed by atoms with Gasteiger partial charge in [-0.1, -0.05) is 48.5 Å². The van der Waals surface area contributed by atoms with Crippen LogP contribution in [0.3, 0.4) is 0 Å². The molecule has 1 aliphatic rings. The Morgan fingerprint density at radius 2 is 1.56 bits per heavy atom. The summed E-state index contributed by atoms with van der Waals surface area (Å²) in [6.07, 6.45) is -2.95. The summed E-state index contributed by atoms with van der Waals surface area (Å²) in [5, 5.41) is 5.68. The predicted molar refractivity (Wildman–Crippen MR) is 140 cm³/mol. The molecule has 0 fully saturated rings. The summed E-state index contributed by atoms with van der Waals surface area (Å²) in [5.74, 6) is -0.509. The third kappa shape index (κ3) is 5.24. The molecule has 13 heteroatoms. The van der Waals surface area contributed by atoms with E-state index in [9.17, 15) is 22.4 Å². The molecule has 2 N–H and O–H groups in total. The van der Waals surface area contributed by atoms with Gasteiger partial charge in [0.05, 0.1) is 23.2 Å². The van der Waals surface area contributed by atoms with Gasteiger partial charge in [0.15, 0.2) is 5.76 Å². The van der Waals surface area contributed by atoms with Gasteiger partial charge in [0.1, 0.15) is 5.69 Å². The number of carbonyl (C=O) groups is 1. The molecule has 9 nitrogen and oxygen atoms in total. The molecule has 2 aromatic carbocycles. The highest BCUT2D eigenvalue weighted by atomic mass is 19.4. The smallest absolute Gasteiger partial charge is 0.417 e. The number of benzene rings is 2. The number of hydrogen-bond acceptors (Lipinski definition) is 8. The van der Waals surface area contributed by atoms with Gasteiger partial charge < -0.3 is 15.1 Å². The van der Waals surface area contributed by atoms with E-state index in [0.717, 1.165) is 24.0 Å². The van der Waals surface area contributed by atoms with Crippen molar-refractivity contribution in [2.45, 2.75) is 12.3 Å². The number of alkyl halides is 3. The number of nitrogens with zero attached hydrogens (tertiary/aromatic N) is 5. The van der Waals surface area contributed by atoms with Crippen LogP contribution in [-0.4, -0.2) is 37.7 Å². The SMILES string of the molecule is O=C1Nc2ccccc2C(c2ccccc2)=NC1Nc1ncc(-c2ncc(C(F)(F)F)cc2-c2cnc(F)nc2)o1. The van der Waals surface area contributed by atoms with E-state index in [1.165, 1.54) is 6.20 Å². The summed E-state index contributed by atoms with van der Waals surface area (Å²) in [6.45, 7) is 0. The van der Waals surface area contributed by atoms with Gasteiger partial charge in [0.25, 0.3) is 11.9 Å². The van der Waals surface area contributed by atoms with Crippen molar-refractivity contribution in [3.63, 3.8) is 0 Å². The van der Waals surface area contributed by atoms with Crippen LogP contribution in [0.25, 0.3) is 22.6 Å². The maximum absolute atomic E-state index is 13.4. The number of aliphatic imine (C=N–C) groups is 1. The zero-order valence-electron chi connectivity index (χ0n) is 20.7. The van der Waals surface area contributed by atoms with Gasteiger partial charge >= 0.3 is 12.3 Å². The number of benzodiazepines with no additional fused rings is 1. The average Bonchev–Trinajstić information content (AvgIpc) is 3.38. The van der Waals surface area contributed by atoms with Crippen molar-refractivity contribution >= 4 is 23.3 Å². The number of halogens is 4. The average molecular weight is 559 g/mol. The summed E-state index contributed by atoms with van der Waals surface area (Å²) in [7, 11) is 0. The molecule has 1 amide bonds.